The van der Waals surface area contributed by atoms with Crippen LogP contribution in [0.5, 0.6) is 5.75 Å². The van der Waals surface area contributed by atoms with Crippen molar-refractivity contribution in [3.05, 3.63) is 29.8 Å². The predicted molar refractivity (Wildman–Crippen MR) is 87.0 cm³/mol. The maximum atomic E-state index is 5.39. The van der Waals surface area contributed by atoms with E-state index in [1.807, 2.05) is 18.2 Å². The molecule has 110 valence electrons. The third kappa shape index (κ3) is 4.37. The van der Waals surface area contributed by atoms with E-state index in [4.69, 9.17) is 17.0 Å². The predicted octanol–water partition coefficient (Wildman–Crippen LogP) is 3.24. The third-order valence-corrected chi connectivity index (χ3v) is 4.28. The second kappa shape index (κ2) is 7.48. The summed E-state index contributed by atoms with van der Waals surface area (Å²) >= 11 is 5.39. The number of thiocarbonyl (C=S) groups is 1. The number of rotatable bonds is 4. The summed E-state index contributed by atoms with van der Waals surface area (Å²) in [5.41, 5.74) is 1.17. The van der Waals surface area contributed by atoms with Gasteiger partial charge in [-0.15, -0.1) is 0 Å². The van der Waals surface area contributed by atoms with Crippen molar-refractivity contribution in [3.8, 4) is 5.75 Å². The summed E-state index contributed by atoms with van der Waals surface area (Å²) in [5.74, 6) is 1.59. The van der Waals surface area contributed by atoms with Gasteiger partial charge >= 0.3 is 0 Å². The highest BCUT2D eigenvalue weighted by molar-refractivity contribution is 7.80. The van der Waals surface area contributed by atoms with Crippen LogP contribution in [0.2, 0.25) is 0 Å². The van der Waals surface area contributed by atoms with Crippen molar-refractivity contribution in [3.63, 3.8) is 0 Å². The Bertz CT molecular complexity index is 450. The molecule has 2 rings (SSSR count). The molecule has 1 saturated carbocycles. The molecule has 4 heteroatoms. The molecule has 0 unspecified atom stereocenters. The summed E-state index contributed by atoms with van der Waals surface area (Å²) in [6.45, 7) is 3.03. The topological polar surface area (TPSA) is 33.3 Å². The summed E-state index contributed by atoms with van der Waals surface area (Å²) in [6.07, 6.45) is 5.18. The molecule has 1 aromatic rings. The van der Waals surface area contributed by atoms with Crippen LogP contribution in [0.4, 0.5) is 0 Å². The Morgan fingerprint density at radius 3 is 2.90 bits per heavy atom. The molecule has 0 bridgehead atoms. The van der Waals surface area contributed by atoms with Gasteiger partial charge in [0.2, 0.25) is 0 Å². The van der Waals surface area contributed by atoms with Gasteiger partial charge in [-0.1, -0.05) is 31.9 Å². The second-order valence-corrected chi connectivity index (χ2v) is 5.96. The first kappa shape index (κ1) is 15.1. The Labute approximate surface area is 127 Å². The molecule has 0 aromatic heterocycles. The van der Waals surface area contributed by atoms with E-state index in [2.05, 4.69) is 23.6 Å². The third-order valence-electron chi connectivity index (χ3n) is 4.02. The van der Waals surface area contributed by atoms with E-state index in [1.165, 1.54) is 31.2 Å². The molecule has 20 heavy (non-hydrogen) atoms. The number of hydrogen-bond acceptors (Lipinski definition) is 2. The van der Waals surface area contributed by atoms with Gasteiger partial charge in [-0.25, -0.2) is 0 Å². The van der Waals surface area contributed by atoms with Gasteiger partial charge in [0.05, 0.1) is 7.11 Å². The lowest BCUT2D eigenvalue weighted by Crippen LogP contribution is -2.45. The summed E-state index contributed by atoms with van der Waals surface area (Å²) in [6, 6.07) is 8.56. The monoisotopic (exact) mass is 292 g/mol. The quantitative estimate of drug-likeness (QED) is 0.835. The molecule has 0 saturated heterocycles. The van der Waals surface area contributed by atoms with E-state index in [0.717, 1.165) is 17.4 Å². The lowest BCUT2D eigenvalue weighted by molar-refractivity contribution is 0.308. The van der Waals surface area contributed by atoms with Crippen LogP contribution in [0.15, 0.2) is 24.3 Å². The Kier molecular flexibility index (Phi) is 5.65. The van der Waals surface area contributed by atoms with E-state index in [1.54, 1.807) is 7.11 Å². The van der Waals surface area contributed by atoms with Crippen molar-refractivity contribution >= 4 is 17.3 Å². The first-order valence-corrected chi connectivity index (χ1v) is 7.77. The first-order valence-electron chi connectivity index (χ1n) is 7.36. The number of hydrogen-bond donors (Lipinski definition) is 2. The molecule has 1 aliphatic rings. The van der Waals surface area contributed by atoms with Crippen molar-refractivity contribution in [1.82, 2.24) is 10.6 Å². The van der Waals surface area contributed by atoms with E-state index >= 15 is 0 Å². The van der Waals surface area contributed by atoms with Crippen LogP contribution < -0.4 is 15.4 Å². The molecule has 2 N–H and O–H groups in total. The number of ether oxygens (including phenoxy) is 1. The maximum Gasteiger partial charge on any atom is 0.166 e. The Morgan fingerprint density at radius 1 is 1.35 bits per heavy atom. The molecule has 0 radical (unpaired) electrons. The van der Waals surface area contributed by atoms with Crippen LogP contribution in [0.25, 0.3) is 0 Å². The van der Waals surface area contributed by atoms with Crippen LogP contribution in [0, 0.1) is 5.92 Å². The van der Waals surface area contributed by atoms with E-state index in [-0.39, 0.29) is 0 Å². The van der Waals surface area contributed by atoms with Crippen molar-refractivity contribution in [2.75, 3.05) is 7.11 Å². The summed E-state index contributed by atoms with van der Waals surface area (Å²) in [4.78, 5) is 0. The van der Waals surface area contributed by atoms with Crippen molar-refractivity contribution < 1.29 is 4.74 Å². The fraction of sp³-hybridized carbons (Fsp3) is 0.562. The Balaban J connectivity index is 1.79. The lowest BCUT2D eigenvalue weighted by atomic mass is 9.86. The number of nitrogens with one attached hydrogen (secondary N) is 2. The van der Waals surface area contributed by atoms with Crippen LogP contribution in [0.1, 0.15) is 38.2 Å². The highest BCUT2D eigenvalue weighted by atomic mass is 32.1. The summed E-state index contributed by atoms with van der Waals surface area (Å²) in [5, 5.41) is 7.50. The molecule has 0 aliphatic heterocycles. The highest BCUT2D eigenvalue weighted by Crippen LogP contribution is 2.23. The van der Waals surface area contributed by atoms with Crippen molar-refractivity contribution in [2.24, 2.45) is 5.92 Å². The van der Waals surface area contributed by atoms with Crippen molar-refractivity contribution in [2.45, 2.75) is 45.2 Å². The zero-order valence-corrected chi connectivity index (χ0v) is 13.1. The smallest absolute Gasteiger partial charge is 0.166 e. The molecule has 0 amide bonds. The molecule has 2 atom stereocenters. The van der Waals surface area contributed by atoms with Gasteiger partial charge in [0.15, 0.2) is 5.11 Å². The zero-order chi connectivity index (χ0) is 14.4. The lowest BCUT2D eigenvalue weighted by Gasteiger charge is -2.30. The minimum Gasteiger partial charge on any atom is -0.497 e. The normalized spacial score (nSPS) is 22.1. The molecular weight excluding hydrogens is 268 g/mol. The van der Waals surface area contributed by atoms with Crippen LogP contribution in [-0.2, 0) is 6.54 Å². The Hall–Kier alpha value is -1.29. The van der Waals surface area contributed by atoms with Gasteiger partial charge in [-0.05, 0) is 48.7 Å². The molecule has 0 spiro atoms. The fourth-order valence-electron chi connectivity index (χ4n) is 2.71. The molecule has 1 aromatic carbocycles. The number of benzene rings is 1. The van der Waals surface area contributed by atoms with E-state index in [9.17, 15) is 0 Å². The fourth-order valence-corrected chi connectivity index (χ4v) is 2.94. The Morgan fingerprint density at radius 2 is 2.15 bits per heavy atom. The first-order chi connectivity index (χ1) is 9.69. The van der Waals surface area contributed by atoms with Crippen LogP contribution in [0.3, 0.4) is 0 Å². The second-order valence-electron chi connectivity index (χ2n) is 5.55. The molecule has 0 heterocycles. The van der Waals surface area contributed by atoms with Gasteiger partial charge < -0.3 is 15.4 Å². The maximum absolute atomic E-state index is 5.39. The summed E-state index contributed by atoms with van der Waals surface area (Å²) in [7, 11) is 1.68. The average molecular weight is 292 g/mol. The minimum absolute atomic E-state index is 0.522. The van der Waals surface area contributed by atoms with Gasteiger partial charge in [-0.2, -0.15) is 0 Å². The van der Waals surface area contributed by atoms with Gasteiger partial charge in [-0.3, -0.25) is 0 Å². The van der Waals surface area contributed by atoms with E-state index in [0.29, 0.717) is 12.0 Å². The number of methoxy groups -OCH3 is 1. The van der Waals surface area contributed by atoms with Crippen LogP contribution in [-0.4, -0.2) is 18.3 Å². The van der Waals surface area contributed by atoms with Gasteiger partial charge in [0.25, 0.3) is 0 Å². The SMILES string of the molecule is COc1cccc(CNC(=S)N[C@H]2CCCC[C@@H]2C)c1. The molecule has 1 fully saturated rings. The van der Waals surface area contributed by atoms with Crippen molar-refractivity contribution in [1.29, 1.82) is 0 Å². The molecule has 3 nitrogen and oxygen atoms in total. The van der Waals surface area contributed by atoms with Crippen LogP contribution >= 0.6 is 12.2 Å². The summed E-state index contributed by atoms with van der Waals surface area (Å²) < 4.78 is 5.22. The average Bonchev–Trinajstić information content (AvgIpc) is 2.48. The highest BCUT2D eigenvalue weighted by Gasteiger charge is 2.21. The largest absolute Gasteiger partial charge is 0.497 e. The standard InChI is InChI=1S/C16H24N2OS/c1-12-6-3-4-9-15(12)18-16(20)17-11-13-7-5-8-14(10-13)19-2/h5,7-8,10,12,15H,3-4,6,9,11H2,1-2H3,(H2,17,18,20)/t12-,15-/m0/s1. The molecular formula is C16H24N2OS. The minimum atomic E-state index is 0.522. The van der Waals surface area contributed by atoms with Gasteiger partial charge in [0.1, 0.15) is 5.75 Å². The zero-order valence-electron chi connectivity index (χ0n) is 12.3. The van der Waals surface area contributed by atoms with Gasteiger partial charge in [0, 0.05) is 12.6 Å². The molecule has 1 aliphatic carbocycles. The van der Waals surface area contributed by atoms with E-state index < -0.39 is 0 Å².